The molecule has 29 heavy (non-hydrogen) atoms. The lowest BCUT2D eigenvalue weighted by Gasteiger charge is -2.46. The van der Waals surface area contributed by atoms with Crippen LogP contribution in [0.3, 0.4) is 0 Å². The molecule has 152 valence electrons. The van der Waals surface area contributed by atoms with Gasteiger partial charge < -0.3 is 14.3 Å². The highest BCUT2D eigenvalue weighted by Crippen LogP contribution is 2.61. The first kappa shape index (κ1) is 17.7. The molecule has 1 N–H and O–H groups in total. The zero-order chi connectivity index (χ0) is 20.3. The van der Waals surface area contributed by atoms with E-state index < -0.39 is 11.6 Å². The number of carbonyl (C=O) groups is 2. The summed E-state index contributed by atoms with van der Waals surface area (Å²) in [5.74, 6) is 0.128. The van der Waals surface area contributed by atoms with E-state index >= 15 is 0 Å². The molecule has 6 heteroatoms. The summed E-state index contributed by atoms with van der Waals surface area (Å²) in [5, 5.41) is 11.7. The van der Waals surface area contributed by atoms with Gasteiger partial charge in [0, 0.05) is 60.0 Å². The molecule has 3 aliphatic carbocycles. The van der Waals surface area contributed by atoms with Gasteiger partial charge in [0.1, 0.15) is 11.4 Å². The number of piperidine rings is 1. The maximum atomic E-state index is 13.9. The van der Waals surface area contributed by atoms with Crippen molar-refractivity contribution in [2.24, 2.45) is 11.8 Å². The molecule has 3 heterocycles. The van der Waals surface area contributed by atoms with Gasteiger partial charge >= 0.3 is 5.97 Å². The largest absolute Gasteiger partial charge is 0.469 e. The summed E-state index contributed by atoms with van der Waals surface area (Å²) in [5.41, 5.74) is 1.42. The Morgan fingerprint density at radius 3 is 2.90 bits per heavy atom. The number of ketones is 1. The fraction of sp³-hybridized carbons (Fsp3) is 0.565. The first-order valence-corrected chi connectivity index (χ1v) is 10.5. The summed E-state index contributed by atoms with van der Waals surface area (Å²) < 4.78 is 11.0. The predicted molar refractivity (Wildman–Crippen MR) is 104 cm³/mol. The lowest BCUT2D eigenvalue weighted by Crippen LogP contribution is -2.58. The molecule has 0 saturated carbocycles. The second kappa shape index (κ2) is 5.29. The number of hydrogen-bond acceptors (Lipinski definition) is 6. The van der Waals surface area contributed by atoms with Crippen LogP contribution in [0.15, 0.2) is 16.7 Å². The molecule has 0 amide bonds. The van der Waals surface area contributed by atoms with Crippen molar-refractivity contribution < 1.29 is 23.8 Å². The number of hydrogen-bond donors (Lipinski definition) is 1. The Labute approximate surface area is 169 Å². The summed E-state index contributed by atoms with van der Waals surface area (Å²) >= 11 is 0. The highest BCUT2D eigenvalue weighted by Gasteiger charge is 2.65. The second-order valence-electron chi connectivity index (χ2n) is 9.60. The van der Waals surface area contributed by atoms with Crippen molar-refractivity contribution in [3.05, 3.63) is 34.8 Å². The van der Waals surface area contributed by atoms with E-state index in [1.807, 2.05) is 6.92 Å². The van der Waals surface area contributed by atoms with Crippen molar-refractivity contribution in [1.29, 1.82) is 0 Å². The van der Waals surface area contributed by atoms with E-state index in [-0.39, 0.29) is 23.2 Å². The molecule has 6 aliphatic rings. The third kappa shape index (κ3) is 1.82. The van der Waals surface area contributed by atoms with E-state index in [9.17, 15) is 14.7 Å². The summed E-state index contributed by atoms with van der Waals surface area (Å²) in [7, 11) is 1.34. The Balaban J connectivity index is 1.81. The summed E-state index contributed by atoms with van der Waals surface area (Å²) in [4.78, 5) is 29.3. The maximum absolute atomic E-state index is 13.9. The molecule has 0 aromatic carbocycles. The number of esters is 1. The van der Waals surface area contributed by atoms with Crippen LogP contribution in [-0.4, -0.2) is 53.6 Å². The zero-order valence-corrected chi connectivity index (χ0v) is 16.9. The number of fused-ring (bicyclic) bond motifs is 1. The molecule has 2 bridgehead atoms. The molecule has 6 nitrogen and oxygen atoms in total. The van der Waals surface area contributed by atoms with Gasteiger partial charge in [-0.1, -0.05) is 13.8 Å². The molecule has 2 fully saturated rings. The number of methoxy groups -OCH3 is 1. The number of Topliss-reactive ketones (excluding diaryl/α,β-unsaturated/α-hetero) is 1. The van der Waals surface area contributed by atoms with Gasteiger partial charge in [0.2, 0.25) is 0 Å². The van der Waals surface area contributed by atoms with Crippen molar-refractivity contribution in [1.82, 2.24) is 4.90 Å². The minimum atomic E-state index is -1.47. The highest BCUT2D eigenvalue weighted by atomic mass is 16.5. The smallest absolute Gasteiger partial charge is 0.339 e. The van der Waals surface area contributed by atoms with Crippen molar-refractivity contribution >= 4 is 11.8 Å². The van der Waals surface area contributed by atoms with Gasteiger partial charge in [0.05, 0.1) is 18.9 Å². The molecule has 0 radical (unpaired) electrons. The summed E-state index contributed by atoms with van der Waals surface area (Å²) in [6.45, 7) is 5.83. The van der Waals surface area contributed by atoms with Crippen LogP contribution in [0, 0.1) is 11.8 Å². The van der Waals surface area contributed by atoms with Crippen LogP contribution in [0.25, 0.3) is 11.1 Å². The van der Waals surface area contributed by atoms with Crippen LogP contribution in [0.4, 0.5) is 0 Å². The predicted octanol–water partition coefficient (Wildman–Crippen LogP) is 2.64. The first-order valence-electron chi connectivity index (χ1n) is 10.5. The van der Waals surface area contributed by atoms with Gasteiger partial charge in [-0.25, -0.2) is 4.79 Å². The molecule has 0 spiro atoms. The number of nitrogens with zero attached hydrogens (tertiary/aromatic N) is 1. The van der Waals surface area contributed by atoms with Crippen LogP contribution in [-0.2, 0) is 16.6 Å². The molecule has 5 unspecified atom stereocenters. The van der Waals surface area contributed by atoms with E-state index in [4.69, 9.17) is 9.15 Å². The van der Waals surface area contributed by atoms with E-state index in [1.54, 1.807) is 12.3 Å². The quantitative estimate of drug-likeness (QED) is 0.748. The fourth-order valence-corrected chi connectivity index (χ4v) is 7.00. The monoisotopic (exact) mass is 395 g/mol. The third-order valence-electron chi connectivity index (χ3n) is 8.54. The van der Waals surface area contributed by atoms with Crippen molar-refractivity contribution in [3.8, 4) is 11.1 Å². The minimum Gasteiger partial charge on any atom is -0.469 e. The number of aryl methyl sites for hydroxylation is 1. The Hall–Kier alpha value is -2.18. The SMILES string of the molecule is COC(=O)c1c2ccoc3c-2c2c1C(=O)C1(O)CC4N(CC1C)CC(CC3)C24C. The van der Waals surface area contributed by atoms with Crippen molar-refractivity contribution in [2.45, 2.75) is 50.2 Å². The summed E-state index contributed by atoms with van der Waals surface area (Å²) in [6, 6.07) is 1.84. The Kier molecular flexibility index (Phi) is 3.22. The first-order chi connectivity index (χ1) is 13.8. The number of rotatable bonds is 1. The lowest BCUT2D eigenvalue weighted by atomic mass is 9.66. The van der Waals surface area contributed by atoms with Crippen LogP contribution in [0.1, 0.15) is 58.7 Å². The van der Waals surface area contributed by atoms with Crippen LogP contribution < -0.4 is 0 Å². The van der Waals surface area contributed by atoms with Gasteiger partial charge in [-0.3, -0.25) is 9.69 Å². The molecular weight excluding hydrogens is 370 g/mol. The van der Waals surface area contributed by atoms with Gasteiger partial charge in [-0.15, -0.1) is 0 Å². The van der Waals surface area contributed by atoms with E-state index in [1.165, 1.54) is 7.11 Å². The lowest BCUT2D eigenvalue weighted by molar-refractivity contribution is -0.0581. The topological polar surface area (TPSA) is 80.0 Å². The average molecular weight is 395 g/mol. The van der Waals surface area contributed by atoms with Gasteiger partial charge in [-0.2, -0.15) is 0 Å². The van der Waals surface area contributed by atoms with Gasteiger partial charge in [0.25, 0.3) is 0 Å². The summed E-state index contributed by atoms with van der Waals surface area (Å²) in [6.07, 6.45) is 3.76. The van der Waals surface area contributed by atoms with Crippen LogP contribution in [0.2, 0.25) is 0 Å². The average Bonchev–Trinajstić information content (AvgIpc) is 3.13. The van der Waals surface area contributed by atoms with Crippen LogP contribution >= 0.6 is 0 Å². The molecule has 6 rings (SSSR count). The number of ether oxygens (including phenoxy) is 1. The zero-order valence-electron chi connectivity index (χ0n) is 16.9. The fourth-order valence-electron chi connectivity index (χ4n) is 7.00. The Morgan fingerprint density at radius 2 is 2.14 bits per heavy atom. The number of aliphatic hydroxyl groups is 1. The molecule has 5 atom stereocenters. The second-order valence-corrected chi connectivity index (χ2v) is 9.60. The molecular formula is C23H25NO5. The highest BCUT2D eigenvalue weighted by molar-refractivity contribution is 6.18. The molecule has 3 aliphatic heterocycles. The standard InChI is InChI=1S/C23H25NO5/c1-11-9-24-10-12-4-5-14-16-13(6-7-29-14)17(21(26)28-3)18-19(16)22(12,2)15(24)8-23(11,27)20(18)25/h6-7,11-12,15,27H,4-5,8-10H2,1-3H3. The van der Waals surface area contributed by atoms with E-state index in [2.05, 4.69) is 11.8 Å². The third-order valence-corrected chi connectivity index (χ3v) is 8.54. The minimum absolute atomic E-state index is 0.0705. The Bertz CT molecular complexity index is 1060. The maximum Gasteiger partial charge on any atom is 0.339 e. The van der Waals surface area contributed by atoms with Crippen molar-refractivity contribution in [2.75, 3.05) is 20.2 Å². The molecule has 2 saturated heterocycles. The van der Waals surface area contributed by atoms with Gasteiger partial charge in [0.15, 0.2) is 5.78 Å². The molecule has 0 aromatic heterocycles. The van der Waals surface area contributed by atoms with E-state index in [0.29, 0.717) is 35.6 Å². The van der Waals surface area contributed by atoms with Gasteiger partial charge in [-0.05, 0) is 24.0 Å². The van der Waals surface area contributed by atoms with Crippen LogP contribution in [0.5, 0.6) is 0 Å². The number of carbonyl (C=O) groups excluding carboxylic acids is 2. The van der Waals surface area contributed by atoms with E-state index in [0.717, 1.165) is 36.3 Å². The Morgan fingerprint density at radius 1 is 1.34 bits per heavy atom. The normalized spacial score (nSPS) is 37.7. The van der Waals surface area contributed by atoms with Crippen molar-refractivity contribution in [3.63, 3.8) is 0 Å². The molecule has 0 aromatic rings.